The van der Waals surface area contributed by atoms with Gasteiger partial charge in [-0.15, -0.1) is 0 Å². The van der Waals surface area contributed by atoms with Crippen molar-refractivity contribution in [3.05, 3.63) is 30.1 Å². The monoisotopic (exact) mass is 309 g/mol. The van der Waals surface area contributed by atoms with Gasteiger partial charge in [0, 0.05) is 25.6 Å². The smallest absolute Gasteiger partial charge is 0.308 e. The minimum absolute atomic E-state index is 0.0474. The van der Waals surface area contributed by atoms with Crippen molar-refractivity contribution in [1.29, 1.82) is 0 Å². The number of ether oxygens (including phenoxy) is 1. The summed E-state index contributed by atoms with van der Waals surface area (Å²) in [5.74, 6) is -1.26. The Balaban J connectivity index is 1.70. The van der Waals surface area contributed by atoms with Crippen LogP contribution in [0.25, 0.3) is 0 Å². The Hall–Kier alpha value is -2.11. The molecule has 0 unspecified atom stereocenters. The predicted molar refractivity (Wildman–Crippen MR) is 78.1 cm³/mol. The average Bonchev–Trinajstić information content (AvgIpc) is 2.51. The van der Waals surface area contributed by atoms with E-state index in [2.05, 4.69) is 0 Å². The van der Waals surface area contributed by atoms with Gasteiger partial charge in [-0.1, -0.05) is 6.07 Å². The Bertz CT molecular complexity index is 535. The Morgan fingerprint density at radius 1 is 1.41 bits per heavy atom. The van der Waals surface area contributed by atoms with E-state index in [1.807, 2.05) is 0 Å². The fourth-order valence-corrected chi connectivity index (χ4v) is 2.53. The second kappa shape index (κ2) is 7.77. The van der Waals surface area contributed by atoms with Crippen LogP contribution in [0.3, 0.4) is 0 Å². The lowest BCUT2D eigenvalue weighted by Crippen LogP contribution is -2.42. The number of rotatable bonds is 6. The number of amides is 1. The highest BCUT2D eigenvalue weighted by molar-refractivity contribution is 5.78. The van der Waals surface area contributed by atoms with Crippen molar-refractivity contribution >= 4 is 11.9 Å². The van der Waals surface area contributed by atoms with E-state index in [1.54, 1.807) is 17.0 Å². The molecule has 120 valence electrons. The molecule has 1 atom stereocenters. The zero-order valence-corrected chi connectivity index (χ0v) is 12.3. The number of halogens is 1. The van der Waals surface area contributed by atoms with Gasteiger partial charge in [0.15, 0.2) is 0 Å². The average molecular weight is 309 g/mol. The summed E-state index contributed by atoms with van der Waals surface area (Å²) in [6.45, 7) is 1.23. The number of hydrogen-bond acceptors (Lipinski definition) is 3. The Kier molecular flexibility index (Phi) is 5.75. The number of carboxylic acid groups (broad SMARTS) is 1. The van der Waals surface area contributed by atoms with Crippen LogP contribution in [-0.4, -0.2) is 41.6 Å². The first-order chi connectivity index (χ1) is 10.6. The van der Waals surface area contributed by atoms with Gasteiger partial charge in [0.25, 0.3) is 0 Å². The molecule has 1 N–H and O–H groups in total. The van der Waals surface area contributed by atoms with Crippen molar-refractivity contribution in [2.24, 2.45) is 5.92 Å². The van der Waals surface area contributed by atoms with E-state index in [0.717, 1.165) is 6.42 Å². The molecule has 5 nitrogen and oxygen atoms in total. The molecule has 0 saturated carbocycles. The summed E-state index contributed by atoms with van der Waals surface area (Å²) in [5, 5.41) is 9.01. The molecule has 1 saturated heterocycles. The van der Waals surface area contributed by atoms with Gasteiger partial charge in [-0.2, -0.15) is 0 Å². The Morgan fingerprint density at radius 2 is 2.23 bits per heavy atom. The van der Waals surface area contributed by atoms with Gasteiger partial charge < -0.3 is 14.7 Å². The van der Waals surface area contributed by atoms with Gasteiger partial charge in [0.05, 0.1) is 12.5 Å². The summed E-state index contributed by atoms with van der Waals surface area (Å²) in [6, 6.07) is 5.86. The second-order valence-corrected chi connectivity index (χ2v) is 5.43. The molecule has 6 heteroatoms. The van der Waals surface area contributed by atoms with Crippen LogP contribution in [-0.2, 0) is 9.59 Å². The summed E-state index contributed by atoms with van der Waals surface area (Å²) in [6.07, 6.45) is 2.18. The number of carboxylic acids is 1. The molecule has 0 bridgehead atoms. The highest BCUT2D eigenvalue weighted by Crippen LogP contribution is 2.18. The van der Waals surface area contributed by atoms with Crippen LogP contribution in [0.4, 0.5) is 4.39 Å². The molecule has 0 spiro atoms. The van der Waals surface area contributed by atoms with Crippen molar-refractivity contribution in [2.75, 3.05) is 19.7 Å². The molecule has 1 aliphatic rings. The fourth-order valence-electron chi connectivity index (χ4n) is 2.53. The number of carbonyl (C=O) groups is 2. The number of likely N-dealkylation sites (tertiary alicyclic amines) is 1. The second-order valence-electron chi connectivity index (χ2n) is 5.43. The molecule has 1 heterocycles. The van der Waals surface area contributed by atoms with Crippen LogP contribution in [0.1, 0.15) is 25.7 Å². The van der Waals surface area contributed by atoms with Crippen LogP contribution >= 0.6 is 0 Å². The molecule has 2 rings (SSSR count). The lowest BCUT2D eigenvalue weighted by molar-refractivity contribution is -0.145. The Morgan fingerprint density at radius 3 is 2.95 bits per heavy atom. The fraction of sp³-hybridized carbons (Fsp3) is 0.500. The van der Waals surface area contributed by atoms with Gasteiger partial charge in [-0.25, -0.2) is 4.39 Å². The van der Waals surface area contributed by atoms with E-state index in [9.17, 15) is 14.0 Å². The summed E-state index contributed by atoms with van der Waals surface area (Å²) >= 11 is 0. The molecule has 0 aromatic heterocycles. The zero-order valence-electron chi connectivity index (χ0n) is 12.3. The summed E-state index contributed by atoms with van der Waals surface area (Å²) in [4.78, 5) is 24.6. The quantitative estimate of drug-likeness (QED) is 0.819. The van der Waals surface area contributed by atoms with Crippen LogP contribution in [0.15, 0.2) is 24.3 Å². The van der Waals surface area contributed by atoms with E-state index in [4.69, 9.17) is 9.84 Å². The Labute approximate surface area is 128 Å². The van der Waals surface area contributed by atoms with Crippen molar-refractivity contribution in [3.63, 3.8) is 0 Å². The maximum absolute atomic E-state index is 13.0. The van der Waals surface area contributed by atoms with E-state index >= 15 is 0 Å². The van der Waals surface area contributed by atoms with Gasteiger partial charge in [0.2, 0.25) is 5.91 Å². The molecular weight excluding hydrogens is 289 g/mol. The summed E-state index contributed by atoms with van der Waals surface area (Å²) < 4.78 is 18.3. The van der Waals surface area contributed by atoms with Crippen LogP contribution in [0.2, 0.25) is 0 Å². The standard InChI is InChI=1S/C16H20FNO4/c17-13-5-1-6-14(10-13)22-9-3-7-15(19)18-8-2-4-12(11-18)16(20)21/h1,5-6,10,12H,2-4,7-9,11H2,(H,20,21)/t12-/m0/s1. The number of hydrogen-bond donors (Lipinski definition) is 1. The first-order valence-corrected chi connectivity index (χ1v) is 7.45. The minimum atomic E-state index is -0.841. The van der Waals surface area contributed by atoms with Crippen LogP contribution < -0.4 is 4.74 Å². The molecule has 0 radical (unpaired) electrons. The first-order valence-electron chi connectivity index (χ1n) is 7.45. The van der Waals surface area contributed by atoms with E-state index in [0.29, 0.717) is 44.7 Å². The third kappa shape index (κ3) is 4.72. The largest absolute Gasteiger partial charge is 0.493 e. The van der Waals surface area contributed by atoms with Gasteiger partial charge in [0.1, 0.15) is 11.6 Å². The van der Waals surface area contributed by atoms with E-state index in [1.165, 1.54) is 12.1 Å². The number of nitrogens with zero attached hydrogens (tertiary/aromatic N) is 1. The minimum Gasteiger partial charge on any atom is -0.493 e. The van der Waals surface area contributed by atoms with E-state index in [-0.39, 0.29) is 11.7 Å². The molecule has 1 aromatic carbocycles. The lowest BCUT2D eigenvalue weighted by Gasteiger charge is -2.30. The summed E-state index contributed by atoms with van der Waals surface area (Å²) in [5.41, 5.74) is 0. The molecule has 22 heavy (non-hydrogen) atoms. The molecular formula is C16H20FNO4. The van der Waals surface area contributed by atoms with Crippen LogP contribution in [0.5, 0.6) is 5.75 Å². The predicted octanol–water partition coefficient (Wildman–Crippen LogP) is 2.31. The van der Waals surface area contributed by atoms with E-state index < -0.39 is 11.9 Å². The van der Waals surface area contributed by atoms with Gasteiger partial charge in [-0.05, 0) is 31.4 Å². The third-order valence-corrected chi connectivity index (χ3v) is 3.72. The number of aliphatic carboxylic acids is 1. The normalized spacial score (nSPS) is 18.0. The van der Waals surface area contributed by atoms with Crippen molar-refractivity contribution in [1.82, 2.24) is 4.90 Å². The topological polar surface area (TPSA) is 66.8 Å². The molecule has 0 aliphatic carbocycles. The third-order valence-electron chi connectivity index (χ3n) is 3.72. The van der Waals surface area contributed by atoms with Crippen molar-refractivity contribution < 1.29 is 23.8 Å². The lowest BCUT2D eigenvalue weighted by atomic mass is 9.98. The van der Waals surface area contributed by atoms with Gasteiger partial charge in [-0.3, -0.25) is 9.59 Å². The zero-order chi connectivity index (χ0) is 15.9. The molecule has 1 fully saturated rings. The molecule has 1 aliphatic heterocycles. The number of piperidine rings is 1. The number of benzene rings is 1. The highest BCUT2D eigenvalue weighted by Gasteiger charge is 2.27. The van der Waals surface area contributed by atoms with Gasteiger partial charge >= 0.3 is 5.97 Å². The highest BCUT2D eigenvalue weighted by atomic mass is 19.1. The SMILES string of the molecule is O=C(O)[C@H]1CCCN(C(=O)CCCOc2cccc(F)c2)C1. The summed E-state index contributed by atoms with van der Waals surface area (Å²) in [7, 11) is 0. The first kappa shape index (κ1) is 16.3. The van der Waals surface area contributed by atoms with Crippen molar-refractivity contribution in [2.45, 2.75) is 25.7 Å². The maximum atomic E-state index is 13.0. The van der Waals surface area contributed by atoms with Crippen LogP contribution in [0, 0.1) is 11.7 Å². The molecule has 1 amide bonds. The number of carbonyl (C=O) groups excluding carboxylic acids is 1. The molecule has 1 aromatic rings. The van der Waals surface area contributed by atoms with Crippen molar-refractivity contribution in [3.8, 4) is 5.75 Å². The maximum Gasteiger partial charge on any atom is 0.308 e.